The van der Waals surface area contributed by atoms with Crippen LogP contribution in [0.15, 0.2) is 41.4 Å². The molecule has 0 atom stereocenters. The highest BCUT2D eigenvalue weighted by atomic mass is 32.5. The minimum Gasteiger partial charge on any atom is -0.321 e. The number of nitrogens with one attached hydrogen (secondary N) is 2. The SMILES string of the molecule is O=C(Nc1ccc(S(F)(F)(F)(F)F)cc1)c1cc[nH]n1. The number of carbonyl (C=O) groups is 1. The fourth-order valence-corrected chi connectivity index (χ4v) is 2.03. The Morgan fingerprint density at radius 3 is 2.10 bits per heavy atom. The van der Waals surface area contributed by atoms with Crippen molar-refractivity contribution in [1.29, 1.82) is 0 Å². The summed E-state index contributed by atoms with van der Waals surface area (Å²) in [5.41, 5.74) is -0.0367. The van der Waals surface area contributed by atoms with Crippen LogP contribution in [0, 0.1) is 0 Å². The predicted molar refractivity (Wildman–Crippen MR) is 64.4 cm³/mol. The van der Waals surface area contributed by atoms with Crippen molar-refractivity contribution in [2.24, 2.45) is 0 Å². The summed E-state index contributed by atoms with van der Waals surface area (Å²) >= 11 is 0. The van der Waals surface area contributed by atoms with Gasteiger partial charge in [-0.25, -0.2) is 0 Å². The molecule has 2 N–H and O–H groups in total. The smallest absolute Gasteiger partial charge is 0.310 e. The first-order valence-corrected chi connectivity index (χ1v) is 7.06. The average molecular weight is 313 g/mol. The topological polar surface area (TPSA) is 57.8 Å². The quantitative estimate of drug-likeness (QED) is 0.829. The Balaban J connectivity index is 2.20. The number of H-pyrrole nitrogens is 1. The number of hydrogen-bond donors (Lipinski definition) is 2. The van der Waals surface area contributed by atoms with E-state index in [2.05, 4.69) is 15.5 Å². The van der Waals surface area contributed by atoms with Crippen LogP contribution in [0.1, 0.15) is 10.5 Å². The Kier molecular flexibility index (Phi) is 2.66. The fraction of sp³-hybridized carbons (Fsp3) is 0. The highest BCUT2D eigenvalue weighted by molar-refractivity contribution is 8.45. The second kappa shape index (κ2) is 3.72. The van der Waals surface area contributed by atoms with Crippen molar-refractivity contribution >= 4 is 21.8 Å². The van der Waals surface area contributed by atoms with E-state index in [-0.39, 0.29) is 23.5 Å². The Morgan fingerprint density at radius 1 is 1.05 bits per heavy atom. The summed E-state index contributed by atoms with van der Waals surface area (Å²) in [6, 6.07) is 3.29. The summed E-state index contributed by atoms with van der Waals surface area (Å²) in [4.78, 5) is 9.52. The first-order valence-electron chi connectivity index (χ1n) is 5.11. The summed E-state index contributed by atoms with van der Waals surface area (Å²) < 4.78 is 62.3. The summed E-state index contributed by atoms with van der Waals surface area (Å²) in [5, 5.41) is 8.17. The molecule has 0 aliphatic carbocycles. The number of carbonyl (C=O) groups excluding carboxylic acids is 1. The van der Waals surface area contributed by atoms with E-state index in [1.807, 2.05) is 0 Å². The van der Waals surface area contributed by atoms with Gasteiger partial charge in [0.2, 0.25) is 0 Å². The maximum atomic E-state index is 12.5. The molecule has 0 saturated heterocycles. The molecule has 0 spiro atoms. The molecule has 1 aromatic heterocycles. The Morgan fingerprint density at radius 2 is 1.65 bits per heavy atom. The van der Waals surface area contributed by atoms with E-state index in [1.54, 1.807) is 0 Å². The molecule has 10 heteroatoms. The number of anilines is 1. The molecule has 2 aromatic rings. The monoisotopic (exact) mass is 313 g/mol. The van der Waals surface area contributed by atoms with Gasteiger partial charge in [0, 0.05) is 11.9 Å². The molecule has 0 unspecified atom stereocenters. The number of aromatic amines is 1. The Hall–Kier alpha value is -2.10. The van der Waals surface area contributed by atoms with E-state index in [9.17, 15) is 24.2 Å². The zero-order valence-electron chi connectivity index (χ0n) is 9.62. The molecule has 0 fully saturated rings. The van der Waals surface area contributed by atoms with Crippen molar-refractivity contribution in [2.75, 3.05) is 5.32 Å². The van der Waals surface area contributed by atoms with Crippen LogP contribution in [-0.2, 0) is 0 Å². The highest BCUT2D eigenvalue weighted by Gasteiger charge is 2.65. The molecule has 4 nitrogen and oxygen atoms in total. The number of nitrogens with zero attached hydrogens (tertiary/aromatic N) is 1. The standard InChI is InChI=1S/C10H8F5N3OS/c11-20(12,13,14,15)8-3-1-7(2-4-8)17-10(19)9-5-6-16-18-9/h1-6H,(H,16,18)(H,17,19). The number of benzene rings is 1. The van der Waals surface area contributed by atoms with E-state index in [0.717, 1.165) is 12.1 Å². The van der Waals surface area contributed by atoms with Crippen molar-refractivity contribution in [2.45, 2.75) is 4.90 Å². The van der Waals surface area contributed by atoms with Crippen LogP contribution in [-0.4, -0.2) is 16.1 Å². The first-order chi connectivity index (χ1) is 8.95. The molecule has 0 bridgehead atoms. The maximum Gasteiger partial charge on any atom is 0.310 e. The average Bonchev–Trinajstić information content (AvgIpc) is 2.79. The molecule has 0 aliphatic rings. The van der Waals surface area contributed by atoms with Gasteiger partial charge in [0.25, 0.3) is 5.91 Å². The van der Waals surface area contributed by atoms with Crippen molar-refractivity contribution in [3.05, 3.63) is 42.2 Å². The molecule has 110 valence electrons. The van der Waals surface area contributed by atoms with E-state index in [0.29, 0.717) is 0 Å². The third-order valence-electron chi connectivity index (χ3n) is 2.29. The highest BCUT2D eigenvalue weighted by Crippen LogP contribution is 3.02. The van der Waals surface area contributed by atoms with E-state index >= 15 is 0 Å². The normalized spacial score (nSPS) is 15.2. The second-order valence-electron chi connectivity index (χ2n) is 3.91. The zero-order chi connectivity index (χ0) is 15.1. The van der Waals surface area contributed by atoms with Crippen LogP contribution in [0.25, 0.3) is 0 Å². The van der Waals surface area contributed by atoms with Gasteiger partial charge in [-0.05, 0) is 30.3 Å². The molecule has 1 amide bonds. The number of amides is 1. The fourth-order valence-electron chi connectivity index (χ4n) is 1.38. The molecule has 0 radical (unpaired) electrons. The van der Waals surface area contributed by atoms with E-state index < -0.39 is 21.0 Å². The lowest BCUT2D eigenvalue weighted by atomic mass is 10.3. The van der Waals surface area contributed by atoms with Gasteiger partial charge in [0.05, 0.1) is 0 Å². The maximum absolute atomic E-state index is 12.5. The Bertz CT molecular complexity index is 636. The van der Waals surface area contributed by atoms with Crippen LogP contribution < -0.4 is 5.32 Å². The third-order valence-corrected chi connectivity index (χ3v) is 3.45. The van der Waals surface area contributed by atoms with Crippen molar-refractivity contribution in [3.8, 4) is 0 Å². The lowest BCUT2D eigenvalue weighted by molar-refractivity contribution is 0.102. The van der Waals surface area contributed by atoms with E-state index in [4.69, 9.17) is 0 Å². The molecule has 0 saturated carbocycles. The molecule has 0 aliphatic heterocycles. The van der Waals surface area contributed by atoms with Gasteiger partial charge < -0.3 is 5.32 Å². The third kappa shape index (κ3) is 3.26. The summed E-state index contributed by atoms with van der Waals surface area (Å²) in [6.07, 6.45) is 1.38. The van der Waals surface area contributed by atoms with Crippen LogP contribution in [0.2, 0.25) is 0 Å². The van der Waals surface area contributed by atoms with Gasteiger partial charge in [0.15, 0.2) is 0 Å². The number of aromatic nitrogens is 2. The molecule has 2 rings (SSSR count). The molecular weight excluding hydrogens is 305 g/mol. The second-order valence-corrected chi connectivity index (χ2v) is 6.32. The molecular formula is C10H8F5N3OS. The lowest BCUT2D eigenvalue weighted by Gasteiger charge is -2.40. The summed E-state index contributed by atoms with van der Waals surface area (Å²) in [7, 11) is -9.68. The number of hydrogen-bond acceptors (Lipinski definition) is 2. The Labute approximate surface area is 109 Å². The van der Waals surface area contributed by atoms with Gasteiger partial charge in [-0.3, -0.25) is 9.89 Å². The van der Waals surface area contributed by atoms with E-state index in [1.165, 1.54) is 12.3 Å². The van der Waals surface area contributed by atoms with Crippen molar-refractivity contribution in [3.63, 3.8) is 0 Å². The van der Waals surface area contributed by atoms with Crippen molar-refractivity contribution in [1.82, 2.24) is 10.2 Å². The summed E-state index contributed by atoms with van der Waals surface area (Å²) in [6.45, 7) is 0. The van der Waals surface area contributed by atoms with Gasteiger partial charge in [-0.15, -0.1) is 0 Å². The number of halogens is 5. The zero-order valence-corrected chi connectivity index (χ0v) is 10.4. The van der Waals surface area contributed by atoms with Crippen LogP contribution >= 0.6 is 10.2 Å². The van der Waals surface area contributed by atoms with Gasteiger partial charge in [-0.2, -0.15) is 5.10 Å². The molecule has 1 heterocycles. The minimum absolute atomic E-state index is 0.0155. The van der Waals surface area contributed by atoms with Crippen LogP contribution in [0.5, 0.6) is 0 Å². The molecule has 1 aromatic carbocycles. The lowest BCUT2D eigenvalue weighted by Crippen LogP contribution is -2.12. The van der Waals surface area contributed by atoms with Crippen LogP contribution in [0.3, 0.4) is 0 Å². The molecule has 20 heavy (non-hydrogen) atoms. The van der Waals surface area contributed by atoms with Gasteiger partial charge in [-0.1, -0.05) is 19.4 Å². The summed E-state index contributed by atoms with van der Waals surface area (Å²) in [5.74, 6) is -0.675. The van der Waals surface area contributed by atoms with Gasteiger partial charge in [0.1, 0.15) is 10.6 Å². The first kappa shape index (κ1) is 14.3. The minimum atomic E-state index is -9.68. The van der Waals surface area contributed by atoms with Gasteiger partial charge >= 0.3 is 10.2 Å². The largest absolute Gasteiger partial charge is 0.321 e. The van der Waals surface area contributed by atoms with Crippen molar-refractivity contribution < 1.29 is 24.2 Å². The number of rotatable bonds is 3. The van der Waals surface area contributed by atoms with Crippen LogP contribution in [0.4, 0.5) is 25.1 Å². The predicted octanol–water partition coefficient (Wildman–Crippen LogP) is 4.32.